The van der Waals surface area contributed by atoms with Crippen LogP contribution >= 0.6 is 8.58 Å². The molecule has 43 heavy (non-hydrogen) atoms. The van der Waals surface area contributed by atoms with Gasteiger partial charge in [0.05, 0.1) is 0 Å². The molecule has 212 valence electrons. The minimum absolute atomic E-state index is 0. The number of fused-ring (bicyclic) bond motifs is 2. The molecule has 0 bridgehead atoms. The minimum Gasteiger partial charge on any atom is -0.168 e. The molecular weight excluding hydrogens is 615 g/mol. The second-order valence-corrected chi connectivity index (χ2v) is 12.1. The Hall–Kier alpha value is -3.37. The molecule has 0 aliphatic heterocycles. The Bertz CT molecular complexity index is 1750. The molecule has 7 aromatic carbocycles. The first-order valence-electron chi connectivity index (χ1n) is 14.7. The van der Waals surface area contributed by atoms with Crippen LogP contribution in [0, 0.1) is 20.8 Å². The summed E-state index contributed by atoms with van der Waals surface area (Å²) in [4.78, 5) is 0. The fraction of sp³-hybridized carbons (Fsp3) is 0.122. The Morgan fingerprint density at radius 2 is 1.14 bits per heavy atom. The summed E-state index contributed by atoms with van der Waals surface area (Å²) in [6.45, 7) is 6.50. The summed E-state index contributed by atoms with van der Waals surface area (Å²) < 4.78 is 0. The van der Waals surface area contributed by atoms with Crippen molar-refractivity contribution in [3.05, 3.63) is 179 Å². The van der Waals surface area contributed by atoms with Crippen LogP contribution in [0.2, 0.25) is 0 Å². The molecule has 7 rings (SSSR count). The van der Waals surface area contributed by atoms with Crippen molar-refractivity contribution >= 4 is 40.7 Å². The molecule has 0 amide bonds. The van der Waals surface area contributed by atoms with E-state index in [0.717, 1.165) is 21.4 Å². The summed E-state index contributed by atoms with van der Waals surface area (Å²) in [5, 5.41) is 8.44. The van der Waals surface area contributed by atoms with Gasteiger partial charge in [-0.05, 0) is 48.7 Å². The van der Waals surface area contributed by atoms with Gasteiger partial charge in [0.15, 0.2) is 0 Å². The summed E-state index contributed by atoms with van der Waals surface area (Å²) in [7, 11) is 0.754. The third kappa shape index (κ3) is 9.06. The second-order valence-electron chi connectivity index (χ2n) is 10.8. The van der Waals surface area contributed by atoms with Crippen LogP contribution in [0.5, 0.6) is 0 Å². The summed E-state index contributed by atoms with van der Waals surface area (Å²) in [6.07, 6.45) is 2.26. The van der Waals surface area contributed by atoms with Gasteiger partial charge in [-0.25, -0.2) is 0 Å². The maximum absolute atomic E-state index is 2.26. The predicted molar refractivity (Wildman–Crippen MR) is 188 cm³/mol. The number of hydrogen-bond acceptors (Lipinski definition) is 0. The van der Waals surface area contributed by atoms with E-state index in [1.807, 2.05) is 0 Å². The average Bonchev–Trinajstić information content (AvgIpc) is 3.70. The summed E-state index contributed by atoms with van der Waals surface area (Å²) >= 11 is 0. The van der Waals surface area contributed by atoms with Gasteiger partial charge < -0.3 is 0 Å². The zero-order valence-electron chi connectivity index (χ0n) is 25.3. The molecule has 0 spiro atoms. The van der Waals surface area contributed by atoms with Crippen LogP contribution in [0.1, 0.15) is 27.8 Å². The first-order chi connectivity index (χ1) is 20.6. The third-order valence-electron chi connectivity index (χ3n) is 7.73. The van der Waals surface area contributed by atoms with Crippen molar-refractivity contribution in [1.29, 1.82) is 0 Å². The number of hydrogen-bond donors (Lipinski definition) is 0. The largest absolute Gasteiger partial charge is 2.00 e. The van der Waals surface area contributed by atoms with Crippen molar-refractivity contribution in [1.82, 2.24) is 0 Å². The van der Waals surface area contributed by atoms with Crippen LogP contribution in [-0.4, -0.2) is 0 Å². The van der Waals surface area contributed by atoms with Gasteiger partial charge in [-0.3, -0.25) is 0 Å². The Morgan fingerprint density at radius 3 is 1.79 bits per heavy atom. The van der Waals surface area contributed by atoms with E-state index >= 15 is 0 Å². The van der Waals surface area contributed by atoms with E-state index in [9.17, 15) is 0 Å². The van der Waals surface area contributed by atoms with Crippen LogP contribution in [0.4, 0.5) is 0 Å². The van der Waals surface area contributed by atoms with Gasteiger partial charge in [0, 0.05) is 0 Å². The van der Waals surface area contributed by atoms with Gasteiger partial charge in [0.1, 0.15) is 0 Å². The summed E-state index contributed by atoms with van der Waals surface area (Å²) in [6, 6.07) is 53.8. The van der Waals surface area contributed by atoms with Crippen LogP contribution in [-0.2, 0) is 39.0 Å². The molecule has 1 atom stereocenters. The topological polar surface area (TPSA) is 0 Å². The number of benzene rings is 5. The number of aryl methyl sites for hydroxylation is 5. The van der Waals surface area contributed by atoms with E-state index in [4.69, 9.17) is 0 Å². The van der Waals surface area contributed by atoms with Gasteiger partial charge >= 0.3 is 26.2 Å². The molecule has 0 nitrogen and oxygen atoms in total. The van der Waals surface area contributed by atoms with Crippen LogP contribution in [0.3, 0.4) is 0 Å². The van der Waals surface area contributed by atoms with Gasteiger partial charge in [0.2, 0.25) is 0 Å². The molecule has 0 N–H and O–H groups in total. The van der Waals surface area contributed by atoms with E-state index in [1.165, 1.54) is 60.0 Å². The quantitative estimate of drug-likeness (QED) is 0.128. The fourth-order valence-corrected chi connectivity index (χ4v) is 6.51. The zero-order chi connectivity index (χ0) is 29.1. The van der Waals surface area contributed by atoms with Gasteiger partial charge in [0.25, 0.3) is 0 Å². The number of rotatable bonds is 5. The van der Waals surface area contributed by atoms with E-state index in [-0.39, 0.29) is 26.2 Å². The minimum atomic E-state index is 0. The standard InChI is InChI=1S/C16H14P.C14H14.C11H11.Zr/c1-12-6-2-5-9-15(12)17-16-11-10-13-7-3-4-8-14(13)16;1-3-7-13(8-4-1)11-12-14-9-5-2-6-10-14;1-8-6-7-9(2)11-5-3-4-10(8)11;/h2-11,17H,1H3;1-10H,11-12H2;3-7H,1-2H3;/q-1;;-1;+2. The van der Waals surface area contributed by atoms with Crippen molar-refractivity contribution in [2.24, 2.45) is 0 Å². The van der Waals surface area contributed by atoms with E-state index < -0.39 is 0 Å². The predicted octanol–water partition coefficient (Wildman–Crippen LogP) is 10.1. The van der Waals surface area contributed by atoms with Crippen molar-refractivity contribution < 1.29 is 26.2 Å². The third-order valence-corrected chi connectivity index (χ3v) is 9.27. The fourth-order valence-electron chi connectivity index (χ4n) is 5.23. The maximum atomic E-state index is 2.26. The normalized spacial score (nSPS) is 10.6. The maximum Gasteiger partial charge on any atom is 2.00 e. The first-order valence-corrected chi connectivity index (χ1v) is 15.7. The molecule has 0 aromatic heterocycles. The van der Waals surface area contributed by atoms with Gasteiger partial charge in [-0.2, -0.15) is 18.2 Å². The average molecular weight is 654 g/mol. The van der Waals surface area contributed by atoms with Crippen LogP contribution in [0.25, 0.3) is 21.5 Å². The Labute approximate surface area is 278 Å². The van der Waals surface area contributed by atoms with Gasteiger partial charge in [-0.1, -0.05) is 110 Å². The summed E-state index contributed by atoms with van der Waals surface area (Å²) in [5.74, 6) is 0. The second kappa shape index (κ2) is 16.5. The smallest absolute Gasteiger partial charge is 0.168 e. The molecule has 7 aromatic rings. The van der Waals surface area contributed by atoms with Crippen molar-refractivity contribution in [3.63, 3.8) is 0 Å². The Kier molecular flexibility index (Phi) is 12.5. The Morgan fingerprint density at radius 1 is 0.558 bits per heavy atom. The molecule has 0 aliphatic rings. The Balaban J connectivity index is 0.000000149. The molecule has 0 aliphatic carbocycles. The molecule has 0 saturated heterocycles. The van der Waals surface area contributed by atoms with E-state index in [0.29, 0.717) is 0 Å². The van der Waals surface area contributed by atoms with E-state index in [1.54, 1.807) is 0 Å². The molecule has 1 unspecified atom stereocenters. The van der Waals surface area contributed by atoms with Crippen molar-refractivity contribution in [2.75, 3.05) is 0 Å². The van der Waals surface area contributed by atoms with Crippen LogP contribution < -0.4 is 10.6 Å². The monoisotopic (exact) mass is 652 g/mol. The van der Waals surface area contributed by atoms with E-state index in [2.05, 4.69) is 172 Å². The SMILES string of the molecule is Cc1ccc(C)c2[cH-]ccc12.Cc1ccccc1P[c-]1ccc2ccccc21.[Zr+2].c1ccc(CCc2ccccc2)cc1. The molecule has 0 heterocycles. The van der Waals surface area contributed by atoms with Crippen LogP contribution in [0.15, 0.2) is 152 Å². The molecule has 0 radical (unpaired) electrons. The van der Waals surface area contributed by atoms with Gasteiger partial charge in [-0.15, -0.1) is 77.4 Å². The first kappa shape index (κ1) is 32.5. The molecule has 0 fully saturated rings. The molecular formula is C41H39PZr. The summed E-state index contributed by atoms with van der Waals surface area (Å²) in [5.41, 5.74) is 6.95. The molecule has 2 heteroatoms. The molecule has 0 saturated carbocycles. The van der Waals surface area contributed by atoms with Crippen molar-refractivity contribution in [2.45, 2.75) is 33.6 Å². The van der Waals surface area contributed by atoms with Crippen molar-refractivity contribution in [3.8, 4) is 0 Å². The zero-order valence-corrected chi connectivity index (χ0v) is 28.8.